The van der Waals surface area contributed by atoms with Gasteiger partial charge in [-0.15, -0.1) is 0 Å². The third kappa shape index (κ3) is 2.98. The van der Waals surface area contributed by atoms with E-state index < -0.39 is 0 Å². The van der Waals surface area contributed by atoms with E-state index in [2.05, 4.69) is 54.7 Å². The molecule has 0 bridgehead atoms. The number of benzene rings is 2. The lowest BCUT2D eigenvalue weighted by Crippen LogP contribution is -2.19. The number of hydrogen-bond acceptors (Lipinski definition) is 2. The van der Waals surface area contributed by atoms with E-state index in [1.807, 2.05) is 0 Å². The highest BCUT2D eigenvalue weighted by Crippen LogP contribution is 2.20. The number of aliphatic hydroxyl groups is 1. The summed E-state index contributed by atoms with van der Waals surface area (Å²) in [4.78, 5) is 0. The Morgan fingerprint density at radius 3 is 2.59 bits per heavy atom. The van der Waals surface area contributed by atoms with Gasteiger partial charge in [-0.2, -0.15) is 0 Å². The highest BCUT2D eigenvalue weighted by atomic mass is 16.3. The van der Waals surface area contributed by atoms with Crippen LogP contribution >= 0.6 is 0 Å². The fourth-order valence-electron chi connectivity index (χ4n) is 2.05. The average Bonchev–Trinajstić information content (AvgIpc) is 2.38. The second-order valence-corrected chi connectivity index (χ2v) is 4.32. The van der Waals surface area contributed by atoms with Crippen molar-refractivity contribution in [2.24, 2.45) is 0 Å². The summed E-state index contributed by atoms with van der Waals surface area (Å²) in [5.41, 5.74) is 1.13. The van der Waals surface area contributed by atoms with Crippen LogP contribution in [-0.2, 0) is 0 Å². The Hall–Kier alpha value is -1.54. The zero-order valence-electron chi connectivity index (χ0n) is 10.2. The highest BCUT2D eigenvalue weighted by Gasteiger charge is 2.05. The molecular formula is C15H19NO. The molecule has 1 atom stereocenters. The Morgan fingerprint density at radius 2 is 1.88 bits per heavy atom. The number of fused-ring (bicyclic) bond motifs is 1. The van der Waals surface area contributed by atoms with Crippen LogP contribution < -0.4 is 5.32 Å². The molecule has 0 aromatic heterocycles. The van der Waals surface area contributed by atoms with E-state index in [9.17, 15) is 0 Å². The number of hydrogen-bond donors (Lipinski definition) is 2. The van der Waals surface area contributed by atoms with Crippen molar-refractivity contribution >= 4 is 16.5 Å². The zero-order valence-corrected chi connectivity index (χ0v) is 10.2. The number of anilines is 1. The molecule has 0 aliphatic rings. The van der Waals surface area contributed by atoms with E-state index in [0.29, 0.717) is 6.04 Å². The molecule has 2 aromatic rings. The lowest BCUT2D eigenvalue weighted by atomic mass is 10.1. The van der Waals surface area contributed by atoms with Crippen molar-refractivity contribution in [3.05, 3.63) is 42.5 Å². The first kappa shape index (κ1) is 11.9. The van der Waals surface area contributed by atoms with Crippen LogP contribution in [0.4, 0.5) is 5.69 Å². The topological polar surface area (TPSA) is 32.3 Å². The van der Waals surface area contributed by atoms with Crippen LogP contribution in [0, 0.1) is 0 Å². The van der Waals surface area contributed by atoms with Gasteiger partial charge in [0.25, 0.3) is 0 Å². The van der Waals surface area contributed by atoms with E-state index in [0.717, 1.165) is 18.5 Å². The van der Waals surface area contributed by atoms with E-state index in [4.69, 9.17) is 5.11 Å². The molecule has 1 unspecified atom stereocenters. The van der Waals surface area contributed by atoms with Gasteiger partial charge in [0.05, 0.1) is 0 Å². The van der Waals surface area contributed by atoms with Gasteiger partial charge < -0.3 is 10.4 Å². The van der Waals surface area contributed by atoms with E-state index in [1.165, 1.54) is 10.8 Å². The molecule has 0 aliphatic heterocycles. The lowest BCUT2D eigenvalue weighted by Gasteiger charge is -2.17. The SMILES string of the molecule is CCC(CCO)Nc1ccc2ccccc2c1. The second kappa shape index (κ2) is 5.69. The normalized spacial score (nSPS) is 12.6. The van der Waals surface area contributed by atoms with Crippen molar-refractivity contribution in [2.75, 3.05) is 11.9 Å². The molecule has 2 N–H and O–H groups in total. The lowest BCUT2D eigenvalue weighted by molar-refractivity contribution is 0.278. The van der Waals surface area contributed by atoms with Crippen LogP contribution in [0.1, 0.15) is 19.8 Å². The second-order valence-electron chi connectivity index (χ2n) is 4.32. The molecule has 0 saturated carbocycles. The van der Waals surface area contributed by atoms with Crippen molar-refractivity contribution < 1.29 is 5.11 Å². The van der Waals surface area contributed by atoms with E-state index in [1.54, 1.807) is 0 Å². The number of rotatable bonds is 5. The van der Waals surface area contributed by atoms with Crippen molar-refractivity contribution in [3.63, 3.8) is 0 Å². The monoisotopic (exact) mass is 229 g/mol. The van der Waals surface area contributed by atoms with Crippen molar-refractivity contribution in [1.29, 1.82) is 0 Å². The molecule has 0 heterocycles. The van der Waals surface area contributed by atoms with Gasteiger partial charge in [0.2, 0.25) is 0 Å². The van der Waals surface area contributed by atoms with Crippen LogP contribution in [-0.4, -0.2) is 17.8 Å². The van der Waals surface area contributed by atoms with Crippen LogP contribution in [0.15, 0.2) is 42.5 Å². The predicted octanol–water partition coefficient (Wildman–Crippen LogP) is 3.41. The quantitative estimate of drug-likeness (QED) is 0.823. The molecule has 2 aromatic carbocycles. The zero-order chi connectivity index (χ0) is 12.1. The highest BCUT2D eigenvalue weighted by molar-refractivity contribution is 5.85. The summed E-state index contributed by atoms with van der Waals surface area (Å²) in [6, 6.07) is 15.1. The Bertz CT molecular complexity index is 481. The molecule has 0 spiro atoms. The summed E-state index contributed by atoms with van der Waals surface area (Å²) in [6.45, 7) is 2.37. The maximum atomic E-state index is 8.98. The maximum Gasteiger partial charge on any atom is 0.0450 e. The molecule has 0 saturated heterocycles. The van der Waals surface area contributed by atoms with E-state index in [-0.39, 0.29) is 6.61 Å². The summed E-state index contributed by atoms with van der Waals surface area (Å²) in [5.74, 6) is 0. The summed E-state index contributed by atoms with van der Waals surface area (Å²) < 4.78 is 0. The first-order chi connectivity index (χ1) is 8.33. The fourth-order valence-corrected chi connectivity index (χ4v) is 2.05. The summed E-state index contributed by atoms with van der Waals surface area (Å²) >= 11 is 0. The molecule has 17 heavy (non-hydrogen) atoms. The summed E-state index contributed by atoms with van der Waals surface area (Å²) in [7, 11) is 0. The third-order valence-corrected chi connectivity index (χ3v) is 3.09. The van der Waals surface area contributed by atoms with Gasteiger partial charge in [-0.1, -0.05) is 37.3 Å². The smallest absolute Gasteiger partial charge is 0.0450 e. The van der Waals surface area contributed by atoms with Crippen molar-refractivity contribution in [2.45, 2.75) is 25.8 Å². The molecule has 2 rings (SSSR count). The van der Waals surface area contributed by atoms with Gasteiger partial charge in [-0.05, 0) is 35.7 Å². The van der Waals surface area contributed by atoms with Gasteiger partial charge in [-0.3, -0.25) is 0 Å². The summed E-state index contributed by atoms with van der Waals surface area (Å²) in [6.07, 6.45) is 1.82. The Labute approximate surface area is 102 Å². The first-order valence-electron chi connectivity index (χ1n) is 6.19. The third-order valence-electron chi connectivity index (χ3n) is 3.09. The minimum absolute atomic E-state index is 0.235. The Morgan fingerprint density at radius 1 is 1.12 bits per heavy atom. The standard InChI is InChI=1S/C15H19NO/c1-2-14(9-10-17)16-15-8-7-12-5-3-4-6-13(12)11-15/h3-8,11,14,16-17H,2,9-10H2,1H3. The number of nitrogens with one attached hydrogen (secondary N) is 1. The molecule has 0 aliphatic carbocycles. The maximum absolute atomic E-state index is 8.98. The molecule has 0 radical (unpaired) electrons. The van der Waals surface area contributed by atoms with E-state index >= 15 is 0 Å². The van der Waals surface area contributed by atoms with Gasteiger partial charge in [0.15, 0.2) is 0 Å². The first-order valence-corrected chi connectivity index (χ1v) is 6.19. The Balaban J connectivity index is 2.18. The minimum atomic E-state index is 0.235. The average molecular weight is 229 g/mol. The molecule has 0 fully saturated rings. The Kier molecular flexibility index (Phi) is 3.99. The largest absolute Gasteiger partial charge is 0.396 e. The minimum Gasteiger partial charge on any atom is -0.396 e. The van der Waals surface area contributed by atoms with Gasteiger partial charge in [0, 0.05) is 18.3 Å². The summed E-state index contributed by atoms with van der Waals surface area (Å²) in [5, 5.41) is 14.9. The van der Waals surface area contributed by atoms with Crippen LogP contribution in [0.3, 0.4) is 0 Å². The molecule has 2 heteroatoms. The molecule has 90 valence electrons. The molecule has 0 amide bonds. The molecular weight excluding hydrogens is 210 g/mol. The van der Waals surface area contributed by atoms with Gasteiger partial charge in [-0.25, -0.2) is 0 Å². The number of aliphatic hydroxyl groups excluding tert-OH is 1. The molecule has 2 nitrogen and oxygen atoms in total. The fraction of sp³-hybridized carbons (Fsp3) is 0.333. The van der Waals surface area contributed by atoms with Crippen molar-refractivity contribution in [3.8, 4) is 0 Å². The predicted molar refractivity (Wildman–Crippen MR) is 73.4 cm³/mol. The van der Waals surface area contributed by atoms with Crippen LogP contribution in [0.5, 0.6) is 0 Å². The van der Waals surface area contributed by atoms with Crippen LogP contribution in [0.25, 0.3) is 10.8 Å². The van der Waals surface area contributed by atoms with Crippen molar-refractivity contribution in [1.82, 2.24) is 0 Å². The van der Waals surface area contributed by atoms with Gasteiger partial charge in [0.1, 0.15) is 0 Å². The van der Waals surface area contributed by atoms with Crippen LogP contribution in [0.2, 0.25) is 0 Å². The van der Waals surface area contributed by atoms with Gasteiger partial charge >= 0.3 is 0 Å².